The summed E-state index contributed by atoms with van der Waals surface area (Å²) in [6.45, 7) is 3.91. The molecule has 3 heterocycles. The van der Waals surface area contributed by atoms with Crippen molar-refractivity contribution in [3.05, 3.63) is 81.5 Å². The second-order valence-corrected chi connectivity index (χ2v) is 10.8. The summed E-state index contributed by atoms with van der Waals surface area (Å²) in [7, 11) is 0. The number of nitrogens with zero attached hydrogens (tertiary/aromatic N) is 2. The highest BCUT2D eigenvalue weighted by atomic mass is 32.1. The zero-order chi connectivity index (χ0) is 26.1. The number of aryl methyl sites for hydroxylation is 1. The first kappa shape index (κ1) is 24.8. The Bertz CT molecular complexity index is 1350. The molecule has 3 aromatic rings. The minimum absolute atomic E-state index is 0.264. The Morgan fingerprint density at radius 3 is 2.38 bits per heavy atom. The lowest BCUT2D eigenvalue weighted by molar-refractivity contribution is -0.121. The molecule has 0 fully saturated rings. The van der Waals surface area contributed by atoms with E-state index in [0.29, 0.717) is 28.2 Å². The number of anilines is 1. The number of carbonyl (C=O) groups is 4. The van der Waals surface area contributed by atoms with Gasteiger partial charge in [-0.05, 0) is 60.9 Å². The van der Waals surface area contributed by atoms with E-state index in [1.165, 1.54) is 11.3 Å². The summed E-state index contributed by atoms with van der Waals surface area (Å²) in [5, 5.41) is 6.35. The fraction of sp³-hybridized carbons (Fsp3) is 0.321. The highest BCUT2D eigenvalue weighted by Gasteiger charge is 2.44. The molecule has 5 rings (SSSR count). The minimum Gasteiger partial charge on any atom is -0.348 e. The van der Waals surface area contributed by atoms with Crippen molar-refractivity contribution in [2.45, 2.75) is 52.1 Å². The highest BCUT2D eigenvalue weighted by Crippen LogP contribution is 2.39. The molecule has 8 nitrogen and oxygen atoms in total. The number of benzene rings is 1. The third-order valence-corrected chi connectivity index (χ3v) is 8.02. The van der Waals surface area contributed by atoms with Crippen LogP contribution < -0.4 is 10.6 Å². The van der Waals surface area contributed by atoms with Gasteiger partial charge in [0.2, 0.25) is 5.91 Å². The van der Waals surface area contributed by atoms with Crippen molar-refractivity contribution in [1.82, 2.24) is 15.2 Å². The van der Waals surface area contributed by atoms with Gasteiger partial charge in [0.15, 0.2) is 0 Å². The Kier molecular flexibility index (Phi) is 6.88. The fourth-order valence-corrected chi connectivity index (χ4v) is 6.32. The number of fused-ring (bicyclic) bond motifs is 2. The molecule has 9 heteroatoms. The van der Waals surface area contributed by atoms with Gasteiger partial charge in [0.1, 0.15) is 11.0 Å². The molecule has 190 valence electrons. The lowest BCUT2D eigenvalue weighted by Gasteiger charge is -2.28. The number of rotatable bonds is 7. The molecular formula is C28H28N4O4S. The summed E-state index contributed by atoms with van der Waals surface area (Å²) in [6.07, 6.45) is 6.99. The van der Waals surface area contributed by atoms with E-state index in [2.05, 4.69) is 15.6 Å². The molecule has 0 radical (unpaired) electrons. The first-order valence-electron chi connectivity index (χ1n) is 12.5. The first-order valence-corrected chi connectivity index (χ1v) is 13.3. The lowest BCUT2D eigenvalue weighted by atomic mass is 9.95. The first-order chi connectivity index (χ1) is 17.9. The van der Waals surface area contributed by atoms with E-state index in [1.54, 1.807) is 50.5 Å². The van der Waals surface area contributed by atoms with Gasteiger partial charge in [-0.15, -0.1) is 11.3 Å². The Hall–Kier alpha value is -3.85. The molecule has 1 unspecified atom stereocenters. The average Bonchev–Trinajstić information content (AvgIpc) is 3.38. The molecule has 0 spiro atoms. The van der Waals surface area contributed by atoms with Gasteiger partial charge in [-0.1, -0.05) is 32.0 Å². The molecule has 0 saturated carbocycles. The van der Waals surface area contributed by atoms with E-state index in [0.717, 1.165) is 46.6 Å². The molecular weight excluding hydrogens is 488 g/mol. The molecule has 0 saturated heterocycles. The van der Waals surface area contributed by atoms with Crippen LogP contribution in [-0.4, -0.2) is 39.6 Å². The van der Waals surface area contributed by atoms with Crippen molar-refractivity contribution in [2.75, 3.05) is 5.32 Å². The smallest absolute Gasteiger partial charge is 0.262 e. The standard InChI is InChI=1S/C28H28N4O4S/c1-16(2)23(32-27(35)18-9-3-4-10-19(18)28(32)36)25(34)31-26-22(20-11-5-6-12-21(20)37-26)24(33)30-15-17-8-7-13-29-14-17/h3-4,7-10,13-14,16,23H,5-6,11-12,15H2,1-2H3,(H,30,33)(H,31,34). The predicted octanol–water partition coefficient (Wildman–Crippen LogP) is 4.21. The Balaban J connectivity index is 1.42. The zero-order valence-electron chi connectivity index (χ0n) is 20.7. The SMILES string of the molecule is CC(C)C(C(=O)Nc1sc2c(c1C(=O)NCc1cccnc1)CCCC2)N1C(=O)c2ccccc2C1=O. The number of pyridine rings is 1. The molecule has 37 heavy (non-hydrogen) atoms. The van der Waals surface area contributed by atoms with Crippen LogP contribution in [0.3, 0.4) is 0 Å². The topological polar surface area (TPSA) is 108 Å². The summed E-state index contributed by atoms with van der Waals surface area (Å²) < 4.78 is 0. The molecule has 2 aromatic heterocycles. The van der Waals surface area contributed by atoms with Crippen LogP contribution in [0, 0.1) is 5.92 Å². The summed E-state index contributed by atoms with van der Waals surface area (Å²) in [5.41, 5.74) is 2.91. The van der Waals surface area contributed by atoms with E-state index >= 15 is 0 Å². The molecule has 1 aliphatic heterocycles. The second kappa shape index (κ2) is 10.3. The van der Waals surface area contributed by atoms with Crippen molar-refractivity contribution in [1.29, 1.82) is 0 Å². The molecule has 2 aliphatic rings. The van der Waals surface area contributed by atoms with Crippen molar-refractivity contribution in [3.8, 4) is 0 Å². The van der Waals surface area contributed by atoms with E-state index in [1.807, 2.05) is 12.1 Å². The molecule has 0 bridgehead atoms. The monoisotopic (exact) mass is 516 g/mol. The van der Waals surface area contributed by atoms with Gasteiger partial charge in [-0.25, -0.2) is 0 Å². The normalized spacial score (nSPS) is 15.4. The van der Waals surface area contributed by atoms with E-state index in [9.17, 15) is 19.2 Å². The number of amides is 4. The van der Waals surface area contributed by atoms with Gasteiger partial charge in [0.25, 0.3) is 17.7 Å². The summed E-state index contributed by atoms with van der Waals surface area (Å²) in [4.78, 5) is 59.5. The van der Waals surface area contributed by atoms with Gasteiger partial charge in [-0.2, -0.15) is 0 Å². The third kappa shape index (κ3) is 4.67. The number of carbonyl (C=O) groups excluding carboxylic acids is 4. The Morgan fingerprint density at radius 2 is 1.73 bits per heavy atom. The molecule has 1 atom stereocenters. The third-order valence-electron chi connectivity index (χ3n) is 6.81. The van der Waals surface area contributed by atoms with Gasteiger partial charge in [-0.3, -0.25) is 29.1 Å². The van der Waals surface area contributed by atoms with Crippen LogP contribution in [0.5, 0.6) is 0 Å². The summed E-state index contributed by atoms with van der Waals surface area (Å²) in [5.74, 6) is -2.03. The number of nitrogens with one attached hydrogen (secondary N) is 2. The maximum absolute atomic E-state index is 13.7. The number of hydrogen-bond donors (Lipinski definition) is 2. The van der Waals surface area contributed by atoms with Gasteiger partial charge in [0, 0.05) is 23.8 Å². The maximum atomic E-state index is 13.7. The zero-order valence-corrected chi connectivity index (χ0v) is 21.6. The van der Waals surface area contributed by atoms with Crippen LogP contribution in [0.4, 0.5) is 5.00 Å². The predicted molar refractivity (Wildman–Crippen MR) is 141 cm³/mol. The van der Waals surface area contributed by atoms with Gasteiger partial charge >= 0.3 is 0 Å². The van der Waals surface area contributed by atoms with Crippen molar-refractivity contribution >= 4 is 40.0 Å². The van der Waals surface area contributed by atoms with Crippen LogP contribution in [0.2, 0.25) is 0 Å². The molecule has 2 N–H and O–H groups in total. The lowest BCUT2D eigenvalue weighted by Crippen LogP contribution is -2.50. The second-order valence-electron chi connectivity index (χ2n) is 9.66. The van der Waals surface area contributed by atoms with Crippen LogP contribution in [-0.2, 0) is 24.2 Å². The van der Waals surface area contributed by atoms with Crippen LogP contribution >= 0.6 is 11.3 Å². The van der Waals surface area contributed by atoms with Crippen molar-refractivity contribution in [3.63, 3.8) is 0 Å². The summed E-state index contributed by atoms with van der Waals surface area (Å²) in [6, 6.07) is 9.28. The van der Waals surface area contributed by atoms with Gasteiger partial charge in [0.05, 0.1) is 16.7 Å². The Morgan fingerprint density at radius 1 is 1.03 bits per heavy atom. The number of aromatic nitrogens is 1. The van der Waals surface area contributed by atoms with E-state index < -0.39 is 23.8 Å². The minimum atomic E-state index is -1.02. The average molecular weight is 517 g/mol. The molecule has 4 amide bonds. The van der Waals surface area contributed by atoms with E-state index in [4.69, 9.17) is 0 Å². The summed E-state index contributed by atoms with van der Waals surface area (Å²) >= 11 is 1.41. The van der Waals surface area contributed by atoms with Crippen LogP contribution in [0.15, 0.2) is 48.8 Å². The number of thiophene rings is 1. The maximum Gasteiger partial charge on any atom is 0.262 e. The van der Waals surface area contributed by atoms with Crippen molar-refractivity contribution in [2.24, 2.45) is 5.92 Å². The largest absolute Gasteiger partial charge is 0.348 e. The van der Waals surface area contributed by atoms with Crippen LogP contribution in [0.1, 0.15) is 73.8 Å². The molecule has 1 aromatic carbocycles. The van der Waals surface area contributed by atoms with E-state index in [-0.39, 0.29) is 11.8 Å². The van der Waals surface area contributed by atoms with Crippen LogP contribution in [0.25, 0.3) is 0 Å². The number of hydrogen-bond acceptors (Lipinski definition) is 6. The number of imide groups is 1. The molecule has 1 aliphatic carbocycles. The van der Waals surface area contributed by atoms with Gasteiger partial charge < -0.3 is 10.6 Å². The Labute approximate surface area is 219 Å². The van der Waals surface area contributed by atoms with Crippen molar-refractivity contribution < 1.29 is 19.2 Å². The fourth-order valence-electron chi connectivity index (χ4n) is 5.03. The quantitative estimate of drug-likeness (QED) is 0.458. The highest BCUT2D eigenvalue weighted by molar-refractivity contribution is 7.17.